The van der Waals surface area contributed by atoms with E-state index in [0.717, 1.165) is 30.5 Å². The van der Waals surface area contributed by atoms with Crippen molar-refractivity contribution in [1.82, 2.24) is 65.2 Å². The Morgan fingerprint density at radius 1 is 0.511 bits per heavy atom. The lowest BCUT2D eigenvalue weighted by molar-refractivity contribution is -0.140. The van der Waals surface area contributed by atoms with Crippen molar-refractivity contribution in [3.8, 4) is 0 Å². The molecule has 48 heteroatoms. The zero-order valence-corrected chi connectivity index (χ0v) is 79.2. The van der Waals surface area contributed by atoms with Gasteiger partial charge < -0.3 is 73.1 Å². The van der Waals surface area contributed by atoms with Crippen LogP contribution in [0, 0.1) is 40.7 Å². The van der Waals surface area contributed by atoms with Crippen LogP contribution in [0.25, 0.3) is 6.08 Å². The zero-order chi connectivity index (χ0) is 98.4. The largest absolute Gasteiger partial charge is 0.463 e. The highest BCUT2D eigenvalue weighted by molar-refractivity contribution is 7.89. The van der Waals surface area contributed by atoms with E-state index in [-0.39, 0.29) is 128 Å². The Labute approximate surface area is 807 Å². The lowest BCUT2D eigenvalue weighted by atomic mass is 9.81. The van der Waals surface area contributed by atoms with Gasteiger partial charge in [0.25, 0.3) is 10.0 Å². The van der Waals surface area contributed by atoms with Crippen LogP contribution in [0.15, 0.2) is 194 Å². The standard InChI is InChI=1S/C23H21F3N4O4S.C23H22F2N4O4S.C23H20F2N4O4S.C22H19ClFN5O5S2/c1-3-34-21(31)17-15-8-11(28-22(32)33-2)10-30(15)19(20-27-6-7-35-20)29-23(17)9-14(25)16-12(23)4-5-13(24)18(16)26;2*1-3-33-21(30)17-16-10-12(27-22(31)32-2)11-29(16)19(20-26-8-9-34-20)28-23(17)7-6-13-14(23)4-5-15(24)18(13)25;1-2-33-21(30)17-16-10-13(28-36(31,32)22-26-5-7-34-22)11-29(16)19(20-25-6-8-35-20)27-18(17)14-4-3-12(24)9-15(14)23/h4-7,11,14H,3,8-10H2,1-2H3,(H,28,32);4-5,8-9,12H,3,6-7,10-11H2,1-2H3,(H,27,31);4-9,12H,3,10-11H2,1-2H3,(H,27,31);3-9,13,18,28H,2,10-11H2,1H3/t11-,14?,23?;12-,23?;;13-,18-/m00.0/s1. The summed E-state index contributed by atoms with van der Waals surface area (Å²) in [7, 11) is -0.260. The van der Waals surface area contributed by atoms with Crippen LogP contribution in [0.4, 0.5) is 49.5 Å². The number of fused-ring (bicyclic) bond motifs is 10. The number of aromatic nitrogens is 5. The third-order valence-electron chi connectivity index (χ3n) is 24.4. The quantitative estimate of drug-likeness (QED) is 0.0332. The second-order valence-corrected chi connectivity index (χ2v) is 37.9. The Morgan fingerprint density at radius 2 is 0.957 bits per heavy atom. The molecule has 11 aliphatic rings. The molecular formula is C91H82ClF8N17O17S5. The molecule has 9 aromatic rings. The summed E-state index contributed by atoms with van der Waals surface area (Å²) in [5, 5.41) is 17.3. The van der Waals surface area contributed by atoms with E-state index in [1.165, 1.54) is 109 Å². The van der Waals surface area contributed by atoms with Crippen molar-refractivity contribution in [2.24, 2.45) is 20.0 Å². The van der Waals surface area contributed by atoms with Crippen molar-refractivity contribution in [3.05, 3.63) is 269 Å². The molecule has 13 heterocycles. The fourth-order valence-electron chi connectivity index (χ4n) is 19.0. The van der Waals surface area contributed by atoms with Crippen LogP contribution < -0.4 is 20.7 Å². The molecule has 0 bridgehead atoms. The van der Waals surface area contributed by atoms with E-state index >= 15 is 4.39 Å². The topological polar surface area (TPSA) is 406 Å². The number of hydrogen-bond donors (Lipinski definition) is 4. The highest BCUT2D eigenvalue weighted by Crippen LogP contribution is 2.59. The van der Waals surface area contributed by atoms with Crippen LogP contribution in [0.2, 0.25) is 5.02 Å². The number of ether oxygens (including phenoxy) is 7. The van der Waals surface area contributed by atoms with Crippen LogP contribution >= 0.6 is 56.9 Å². The zero-order valence-electron chi connectivity index (χ0n) is 74.4. The van der Waals surface area contributed by atoms with Crippen LogP contribution in [-0.2, 0) is 85.4 Å². The van der Waals surface area contributed by atoms with Crippen LogP contribution in [-0.4, -0.2) is 217 Å². The van der Waals surface area contributed by atoms with E-state index in [0.29, 0.717) is 102 Å². The number of amides is 3. The number of methoxy groups -OCH3 is 3. The van der Waals surface area contributed by atoms with E-state index in [1.807, 2.05) is 15.2 Å². The summed E-state index contributed by atoms with van der Waals surface area (Å²) in [6.45, 7) is 8.18. The maximum absolute atomic E-state index is 15.4. The second-order valence-electron chi connectivity index (χ2n) is 32.3. The number of hydrogen-bond acceptors (Lipinski definition) is 34. The third kappa shape index (κ3) is 18.0. The van der Waals surface area contributed by atoms with E-state index < -0.39 is 151 Å². The van der Waals surface area contributed by atoms with Gasteiger partial charge in [-0.2, -0.15) is 0 Å². The summed E-state index contributed by atoms with van der Waals surface area (Å²) in [5.74, 6) is -7.65. The van der Waals surface area contributed by atoms with Gasteiger partial charge >= 0.3 is 47.4 Å². The monoisotopic (exact) mass is 2030 g/mol. The Morgan fingerprint density at radius 3 is 1.45 bits per heavy atom. The molecule has 726 valence electrons. The smallest absolute Gasteiger partial charge is 0.407 e. The summed E-state index contributed by atoms with van der Waals surface area (Å²) in [4.78, 5) is 137. The third-order valence-corrected chi connectivity index (χ3v) is 29.1. The number of nitrogens with zero attached hydrogens (tertiary/aromatic N) is 13. The number of thiazole rings is 4. The van der Waals surface area contributed by atoms with Gasteiger partial charge in [-0.05, 0) is 99.2 Å². The number of halogens is 9. The number of alkyl carbamates (subject to hydrolysis) is 3. The predicted molar refractivity (Wildman–Crippen MR) is 487 cm³/mol. The van der Waals surface area contributed by atoms with Gasteiger partial charge in [-0.15, -0.1) is 45.3 Å². The first-order chi connectivity index (χ1) is 66.9. The Hall–Kier alpha value is -13.5. The van der Waals surface area contributed by atoms with E-state index in [1.54, 1.807) is 84.5 Å². The number of carbonyl (C=O) groups is 7. The van der Waals surface area contributed by atoms with E-state index in [9.17, 15) is 72.7 Å². The van der Waals surface area contributed by atoms with Gasteiger partial charge in [0.1, 0.15) is 40.9 Å². The SMILES string of the molecule is CCOC(=O)C1=C2CC(NC(=O)OC)CN2C(c2nccs2)=NC12C=Cc1c2ccc(F)c1F.CCOC(=O)C1=C2C[C@H](NC(=O)OC)CN2C(c2nccs2)=NC12CC(F)c1c2ccc(F)c1F.CCOC(=O)C1=C2C[C@H](NC(=O)OC)CN2C(c2nccs2)=NC12CCc1c2ccc(F)c1F.CCOC(=O)C1=C2C[C@H](NS(=O)(=O)c3ncco3)CN2C(c2nccs2)=N[C@H]1c1ccc(F)cc1Cl. The lowest BCUT2D eigenvalue weighted by Gasteiger charge is -2.38. The summed E-state index contributed by atoms with van der Waals surface area (Å²) in [6, 6.07) is 8.29. The van der Waals surface area contributed by atoms with Gasteiger partial charge in [0.05, 0.1) is 94.4 Å². The number of carbonyl (C=O) groups excluding carboxylic acids is 7. The van der Waals surface area contributed by atoms with Crippen molar-refractivity contribution in [2.75, 3.05) is 73.9 Å². The average molecular weight is 2030 g/mol. The minimum Gasteiger partial charge on any atom is -0.463 e. The number of benzene rings is 4. The minimum atomic E-state index is -4.05. The number of alkyl halides is 1. The van der Waals surface area contributed by atoms with E-state index in [4.69, 9.17) is 69.1 Å². The lowest BCUT2D eigenvalue weighted by Crippen LogP contribution is -2.43. The molecule has 4 saturated heterocycles. The van der Waals surface area contributed by atoms with Gasteiger partial charge in [0.15, 0.2) is 78.3 Å². The molecule has 4 N–H and O–H groups in total. The molecule has 8 aliphatic heterocycles. The minimum absolute atomic E-state index is 0.0281. The molecule has 4 fully saturated rings. The Bertz CT molecular complexity index is 6820. The molecule has 5 unspecified atom stereocenters. The number of nitrogens with one attached hydrogen (secondary N) is 4. The van der Waals surface area contributed by atoms with Crippen molar-refractivity contribution in [2.45, 2.75) is 131 Å². The molecule has 20 rings (SSSR count). The first-order valence-corrected chi connectivity index (χ1v) is 48.6. The normalized spacial score (nSPS) is 22.5. The number of esters is 4. The molecule has 3 spiro atoms. The number of rotatable bonds is 19. The van der Waals surface area contributed by atoms with Crippen LogP contribution in [0.1, 0.15) is 137 Å². The molecule has 0 radical (unpaired) electrons. The molecule has 0 saturated carbocycles. The van der Waals surface area contributed by atoms with Crippen LogP contribution in [0.3, 0.4) is 0 Å². The molecular weight excluding hydrogens is 1950 g/mol. The van der Waals surface area contributed by atoms with Crippen molar-refractivity contribution in [1.29, 1.82) is 0 Å². The van der Waals surface area contributed by atoms with Crippen molar-refractivity contribution >= 4 is 139 Å². The fraction of sp³-hybridized carbons (Fsp3) is 0.341. The van der Waals surface area contributed by atoms with E-state index in [2.05, 4.69) is 45.6 Å². The maximum Gasteiger partial charge on any atom is 0.407 e. The van der Waals surface area contributed by atoms with Gasteiger partial charge in [-0.1, -0.05) is 41.9 Å². The van der Waals surface area contributed by atoms with Crippen molar-refractivity contribution in [3.63, 3.8) is 0 Å². The Kier molecular flexibility index (Phi) is 27.8. The summed E-state index contributed by atoms with van der Waals surface area (Å²) in [5.41, 5.74) is -0.402. The van der Waals surface area contributed by atoms with Gasteiger partial charge in [-0.3, -0.25) is 4.99 Å². The molecule has 5 aromatic heterocycles. The maximum atomic E-state index is 15.4. The van der Waals surface area contributed by atoms with Crippen molar-refractivity contribution < 1.29 is 115 Å². The highest BCUT2D eigenvalue weighted by Gasteiger charge is 2.60. The number of sulfonamides is 1. The van der Waals surface area contributed by atoms with Gasteiger partial charge in [0.2, 0.25) is 0 Å². The van der Waals surface area contributed by atoms with Crippen LogP contribution in [0.5, 0.6) is 0 Å². The molecule has 34 nitrogen and oxygen atoms in total. The number of amidine groups is 4. The Balaban J connectivity index is 0.000000128. The predicted octanol–water partition coefficient (Wildman–Crippen LogP) is 13.7. The van der Waals surface area contributed by atoms with Gasteiger partial charge in [0, 0.05) is 155 Å². The summed E-state index contributed by atoms with van der Waals surface area (Å²) >= 11 is 11.7. The van der Waals surface area contributed by atoms with Gasteiger partial charge in [-0.25, -0.2) is 122 Å². The average Bonchev–Trinajstić information content (AvgIpc) is 1.56. The highest BCUT2D eigenvalue weighted by atomic mass is 35.5. The molecule has 9 atom stereocenters. The summed E-state index contributed by atoms with van der Waals surface area (Å²) < 4.78 is 184. The second kappa shape index (κ2) is 39.8. The molecule has 139 heavy (non-hydrogen) atoms. The number of aliphatic imine (C=N–C) groups is 4. The first kappa shape index (κ1) is 97.2. The molecule has 4 aromatic carbocycles. The first-order valence-electron chi connectivity index (χ1n) is 43.2. The molecule has 3 amide bonds. The summed E-state index contributed by atoms with van der Waals surface area (Å²) in [6.07, 6.45) is 9.17. The number of oxazole rings is 1. The fourth-order valence-corrected chi connectivity index (χ4v) is 22.9. The molecule has 3 aliphatic carbocycles.